The van der Waals surface area contributed by atoms with Gasteiger partial charge >= 0.3 is 0 Å². The van der Waals surface area contributed by atoms with Gasteiger partial charge in [-0.2, -0.15) is 0 Å². The van der Waals surface area contributed by atoms with Gasteiger partial charge in [-0.15, -0.1) is 0 Å². The van der Waals surface area contributed by atoms with Crippen molar-refractivity contribution >= 4 is 11.7 Å². The van der Waals surface area contributed by atoms with Crippen LogP contribution in [0.3, 0.4) is 0 Å². The fraction of sp³-hybridized carbons (Fsp3) is 0.364. The lowest BCUT2D eigenvalue weighted by Crippen LogP contribution is -2.31. The summed E-state index contributed by atoms with van der Waals surface area (Å²) >= 11 is 0. The Bertz CT molecular complexity index is 813. The van der Waals surface area contributed by atoms with Crippen molar-refractivity contribution in [3.8, 4) is 5.75 Å². The molecule has 1 N–H and O–H groups in total. The van der Waals surface area contributed by atoms with Crippen LogP contribution in [0.5, 0.6) is 5.75 Å². The minimum Gasteiger partial charge on any atom is -0.496 e. The first-order chi connectivity index (χ1) is 12.6. The molecule has 0 radical (unpaired) electrons. The van der Waals surface area contributed by atoms with Crippen molar-refractivity contribution in [1.82, 2.24) is 5.32 Å². The molecule has 2 aromatic carbocycles. The number of carbonyl (C=O) groups excluding carboxylic acids is 2. The fourth-order valence-corrected chi connectivity index (χ4v) is 3.67. The molecule has 0 saturated carbocycles. The highest BCUT2D eigenvalue weighted by molar-refractivity contribution is 5.94. The van der Waals surface area contributed by atoms with Crippen LogP contribution < -0.4 is 10.1 Å². The Hall–Kier alpha value is -2.62. The third-order valence-electron chi connectivity index (χ3n) is 5.08. The Balaban J connectivity index is 1.65. The maximum Gasteiger partial charge on any atom is 0.224 e. The molecule has 26 heavy (non-hydrogen) atoms. The van der Waals surface area contributed by atoms with Crippen molar-refractivity contribution in [2.75, 3.05) is 13.7 Å². The second kappa shape index (κ2) is 8.17. The predicted octanol–water partition coefficient (Wildman–Crippen LogP) is 3.68. The van der Waals surface area contributed by atoms with Crippen molar-refractivity contribution in [1.29, 1.82) is 0 Å². The van der Waals surface area contributed by atoms with Crippen LogP contribution in [0.25, 0.3) is 0 Å². The lowest BCUT2D eigenvalue weighted by molar-refractivity contribution is -0.120. The molecule has 0 bridgehead atoms. The zero-order valence-corrected chi connectivity index (χ0v) is 15.4. The summed E-state index contributed by atoms with van der Waals surface area (Å²) in [6.07, 6.45) is 3.58. The number of aryl methyl sites for hydroxylation is 1. The molecule has 0 spiro atoms. The van der Waals surface area contributed by atoms with Crippen LogP contribution in [-0.2, 0) is 17.6 Å². The van der Waals surface area contributed by atoms with Crippen molar-refractivity contribution in [3.05, 3.63) is 64.7 Å². The Morgan fingerprint density at radius 2 is 2.00 bits per heavy atom. The highest BCUT2D eigenvalue weighted by Gasteiger charge is 2.20. The van der Waals surface area contributed by atoms with Gasteiger partial charge in [-0.3, -0.25) is 9.59 Å². The summed E-state index contributed by atoms with van der Waals surface area (Å²) in [6, 6.07) is 13.7. The molecule has 4 heteroatoms. The van der Waals surface area contributed by atoms with Crippen molar-refractivity contribution in [2.45, 2.75) is 38.5 Å². The van der Waals surface area contributed by atoms with E-state index in [1.165, 1.54) is 18.1 Å². The molecular formula is C22H25NO3. The summed E-state index contributed by atoms with van der Waals surface area (Å²) < 4.78 is 5.33. The zero-order valence-electron chi connectivity index (χ0n) is 15.4. The van der Waals surface area contributed by atoms with E-state index in [-0.39, 0.29) is 18.1 Å². The lowest BCUT2D eigenvalue weighted by Gasteiger charge is -2.25. The number of amides is 1. The van der Waals surface area contributed by atoms with Gasteiger partial charge in [-0.05, 0) is 55.5 Å². The molecule has 0 aliphatic heterocycles. The third-order valence-corrected chi connectivity index (χ3v) is 5.08. The van der Waals surface area contributed by atoms with Gasteiger partial charge in [-0.1, -0.05) is 24.3 Å². The predicted molar refractivity (Wildman–Crippen MR) is 102 cm³/mol. The van der Waals surface area contributed by atoms with Crippen molar-refractivity contribution < 1.29 is 14.3 Å². The molecule has 1 aliphatic carbocycles. The molecule has 136 valence electrons. The van der Waals surface area contributed by atoms with Crippen LogP contribution >= 0.6 is 0 Å². The van der Waals surface area contributed by atoms with Gasteiger partial charge in [0.15, 0.2) is 5.78 Å². The maximum atomic E-state index is 12.5. The van der Waals surface area contributed by atoms with Gasteiger partial charge in [0.25, 0.3) is 0 Å². The largest absolute Gasteiger partial charge is 0.496 e. The number of fused-ring (bicyclic) bond motifs is 1. The molecule has 0 fully saturated rings. The Labute approximate surface area is 154 Å². The Morgan fingerprint density at radius 3 is 2.77 bits per heavy atom. The van der Waals surface area contributed by atoms with E-state index in [1.54, 1.807) is 25.3 Å². The smallest absolute Gasteiger partial charge is 0.224 e. The second-order valence-electron chi connectivity index (χ2n) is 6.85. The summed E-state index contributed by atoms with van der Waals surface area (Å²) in [6.45, 7) is 2.16. The van der Waals surface area contributed by atoms with E-state index in [0.717, 1.165) is 24.8 Å². The molecule has 3 rings (SSSR count). The molecule has 0 saturated heterocycles. The number of hydrogen-bond donors (Lipinski definition) is 1. The fourth-order valence-electron chi connectivity index (χ4n) is 3.67. The molecule has 1 atom stereocenters. The molecule has 0 heterocycles. The Kier molecular flexibility index (Phi) is 5.71. The van der Waals surface area contributed by atoms with Gasteiger partial charge in [0.1, 0.15) is 5.75 Å². The molecular weight excluding hydrogens is 326 g/mol. The number of ether oxygens (including phenoxy) is 1. The normalized spacial score (nSPS) is 15.8. The van der Waals surface area contributed by atoms with Crippen LogP contribution in [0.2, 0.25) is 0 Å². The van der Waals surface area contributed by atoms with Gasteiger partial charge in [0.2, 0.25) is 5.91 Å². The van der Waals surface area contributed by atoms with Gasteiger partial charge in [-0.25, -0.2) is 0 Å². The number of hydrogen-bond acceptors (Lipinski definition) is 3. The van der Waals surface area contributed by atoms with Crippen molar-refractivity contribution in [2.24, 2.45) is 0 Å². The highest BCUT2D eigenvalue weighted by Crippen LogP contribution is 2.30. The molecule has 1 unspecified atom stereocenters. The first-order valence-corrected chi connectivity index (χ1v) is 9.11. The number of methoxy groups -OCH3 is 1. The van der Waals surface area contributed by atoms with Crippen LogP contribution in [0, 0.1) is 0 Å². The van der Waals surface area contributed by atoms with Crippen LogP contribution in [0.15, 0.2) is 42.5 Å². The standard InChI is InChI=1S/C22H25NO3/c1-15(24)17-10-11-21(26-2)19(12-17)13-22(25)23-14-18-8-5-7-16-6-3-4-9-20(16)18/h3-4,6,9-12,18H,5,7-8,13-14H2,1-2H3,(H,23,25). The van der Waals surface area contributed by atoms with Gasteiger partial charge in [0, 0.05) is 23.6 Å². The van der Waals surface area contributed by atoms with Crippen LogP contribution in [-0.4, -0.2) is 25.3 Å². The maximum absolute atomic E-state index is 12.5. The number of benzene rings is 2. The minimum absolute atomic E-state index is 0.0203. The zero-order chi connectivity index (χ0) is 18.5. The average Bonchev–Trinajstić information content (AvgIpc) is 2.66. The quantitative estimate of drug-likeness (QED) is 0.808. The molecule has 4 nitrogen and oxygen atoms in total. The molecule has 1 amide bonds. The second-order valence-corrected chi connectivity index (χ2v) is 6.85. The third kappa shape index (κ3) is 4.13. The van der Waals surface area contributed by atoms with E-state index in [1.807, 2.05) is 0 Å². The van der Waals surface area contributed by atoms with E-state index in [9.17, 15) is 9.59 Å². The Morgan fingerprint density at radius 1 is 1.19 bits per heavy atom. The summed E-state index contributed by atoms with van der Waals surface area (Å²) in [5.41, 5.74) is 4.08. The number of Topliss-reactive ketones (excluding diaryl/α,β-unsaturated/α-hetero) is 1. The monoisotopic (exact) mass is 351 g/mol. The number of ketones is 1. The molecule has 1 aliphatic rings. The molecule has 0 aromatic heterocycles. The van der Waals surface area contributed by atoms with E-state index < -0.39 is 0 Å². The molecule has 2 aromatic rings. The first kappa shape index (κ1) is 18.2. The van der Waals surface area contributed by atoms with Gasteiger partial charge < -0.3 is 10.1 Å². The summed E-state index contributed by atoms with van der Waals surface area (Å²) in [7, 11) is 1.57. The SMILES string of the molecule is COc1ccc(C(C)=O)cc1CC(=O)NCC1CCCc2ccccc21. The van der Waals surface area contributed by atoms with E-state index in [2.05, 4.69) is 29.6 Å². The average molecular weight is 351 g/mol. The lowest BCUT2D eigenvalue weighted by atomic mass is 9.83. The first-order valence-electron chi connectivity index (χ1n) is 9.11. The highest BCUT2D eigenvalue weighted by atomic mass is 16.5. The number of nitrogens with one attached hydrogen (secondary N) is 1. The van der Waals surface area contributed by atoms with E-state index in [4.69, 9.17) is 4.74 Å². The van der Waals surface area contributed by atoms with Crippen LogP contribution in [0.4, 0.5) is 0 Å². The topological polar surface area (TPSA) is 55.4 Å². The van der Waals surface area contributed by atoms with E-state index in [0.29, 0.717) is 23.8 Å². The summed E-state index contributed by atoms with van der Waals surface area (Å²) in [5.74, 6) is 0.933. The number of rotatable bonds is 6. The summed E-state index contributed by atoms with van der Waals surface area (Å²) in [4.78, 5) is 24.1. The minimum atomic E-state index is -0.0490. The van der Waals surface area contributed by atoms with E-state index >= 15 is 0 Å². The summed E-state index contributed by atoms with van der Waals surface area (Å²) in [5, 5.41) is 3.06. The van der Waals surface area contributed by atoms with Gasteiger partial charge in [0.05, 0.1) is 13.5 Å². The number of carbonyl (C=O) groups is 2. The van der Waals surface area contributed by atoms with Crippen LogP contribution in [0.1, 0.15) is 52.7 Å². The van der Waals surface area contributed by atoms with Crippen molar-refractivity contribution in [3.63, 3.8) is 0 Å².